The first-order chi connectivity index (χ1) is 23.8. The van der Waals surface area contributed by atoms with Gasteiger partial charge in [-0.2, -0.15) is 4.31 Å². The summed E-state index contributed by atoms with van der Waals surface area (Å²) in [5, 5.41) is 0. The number of unbranched alkanes of at least 4 members (excludes halogenated alkanes) is 16. The van der Waals surface area contributed by atoms with Gasteiger partial charge in [0.2, 0.25) is 0 Å². The Morgan fingerprint density at radius 2 is 1.36 bits per heavy atom. The molecule has 15 nitrogen and oxygen atoms in total. The van der Waals surface area contributed by atoms with Gasteiger partial charge in [0.25, 0.3) is 5.56 Å². The maximum Gasteiger partial charge on any atom is 0.488 e. The molecule has 0 aliphatic carbocycles. The SMILES string of the molecule is CCCCCCCCCCCCCCCCCCP(=O)(OCCCCN)OP(=O)(O)OP(=O)(O)OC[C@@H]1CC[C@H](n2cc(C)c(=O)[nH]c2=O)O1. The van der Waals surface area contributed by atoms with Gasteiger partial charge < -0.3 is 24.8 Å². The van der Waals surface area contributed by atoms with E-state index in [1.807, 2.05) is 0 Å². The Hall–Kier alpha value is -0.950. The fourth-order valence-electron chi connectivity index (χ4n) is 5.75. The Morgan fingerprint density at radius 1 is 0.800 bits per heavy atom. The summed E-state index contributed by atoms with van der Waals surface area (Å²) < 4.78 is 65.4. The van der Waals surface area contributed by atoms with Crippen molar-refractivity contribution < 1.29 is 45.9 Å². The van der Waals surface area contributed by atoms with E-state index in [0.717, 1.165) is 19.3 Å². The van der Waals surface area contributed by atoms with Crippen molar-refractivity contribution in [1.29, 1.82) is 0 Å². The second kappa shape index (κ2) is 24.4. The van der Waals surface area contributed by atoms with Gasteiger partial charge in [-0.25, -0.2) is 18.2 Å². The molecule has 0 radical (unpaired) electrons. The molecule has 1 fully saturated rings. The summed E-state index contributed by atoms with van der Waals surface area (Å²) in [6.07, 6.45) is 19.8. The minimum Gasteiger partial charge on any atom is -0.352 e. The zero-order valence-electron chi connectivity index (χ0n) is 30.0. The highest BCUT2D eigenvalue weighted by atomic mass is 31.3. The van der Waals surface area contributed by atoms with Gasteiger partial charge in [0.15, 0.2) is 0 Å². The number of hydrogen-bond donors (Lipinski definition) is 4. The Bertz CT molecular complexity index is 1360. The fraction of sp³-hybridized carbons (Fsp3) is 0.875. The number of hydrogen-bond acceptors (Lipinski definition) is 11. The lowest BCUT2D eigenvalue weighted by molar-refractivity contribution is -0.0244. The topological polar surface area (TPSA) is 219 Å². The third-order valence-electron chi connectivity index (χ3n) is 8.57. The summed E-state index contributed by atoms with van der Waals surface area (Å²) in [4.78, 5) is 46.5. The molecule has 5 N–H and O–H groups in total. The molecule has 1 aliphatic rings. The first-order valence-corrected chi connectivity index (χ1v) is 23.2. The Kier molecular flexibility index (Phi) is 22.0. The predicted octanol–water partition coefficient (Wildman–Crippen LogP) is 7.98. The monoisotopic (exact) mass is 773 g/mol. The maximum absolute atomic E-state index is 13.5. The lowest BCUT2D eigenvalue weighted by atomic mass is 10.0. The van der Waals surface area contributed by atoms with Crippen molar-refractivity contribution in [3.8, 4) is 0 Å². The molecule has 5 atom stereocenters. The number of aryl methyl sites for hydroxylation is 1. The van der Waals surface area contributed by atoms with E-state index in [4.69, 9.17) is 23.8 Å². The number of phosphoric ester groups is 1. The van der Waals surface area contributed by atoms with Crippen molar-refractivity contribution in [3.63, 3.8) is 0 Å². The molecule has 1 aromatic rings. The lowest BCUT2D eigenvalue weighted by Crippen LogP contribution is -2.33. The fourth-order valence-corrected chi connectivity index (χ4v) is 10.6. The van der Waals surface area contributed by atoms with Gasteiger partial charge in [0, 0.05) is 11.8 Å². The summed E-state index contributed by atoms with van der Waals surface area (Å²) in [5.41, 5.74) is 4.62. The van der Waals surface area contributed by atoms with Gasteiger partial charge in [-0.05, 0) is 45.6 Å². The van der Waals surface area contributed by atoms with Crippen LogP contribution in [0.2, 0.25) is 0 Å². The van der Waals surface area contributed by atoms with E-state index in [1.54, 1.807) is 0 Å². The molecule has 0 saturated carbocycles. The highest BCUT2D eigenvalue weighted by Gasteiger charge is 2.43. The molecular weight excluding hydrogens is 711 g/mol. The van der Waals surface area contributed by atoms with Crippen LogP contribution in [0.3, 0.4) is 0 Å². The predicted molar refractivity (Wildman–Crippen MR) is 193 cm³/mol. The number of ether oxygens (including phenoxy) is 1. The van der Waals surface area contributed by atoms with Crippen LogP contribution in [0.15, 0.2) is 15.8 Å². The highest BCUT2D eigenvalue weighted by Crippen LogP contribution is 2.69. The summed E-state index contributed by atoms with van der Waals surface area (Å²) in [7, 11) is -14.8. The standard InChI is InChI=1S/C32H62N3O12P3/c1-3-4-5-6-7-8-9-10-11-12-13-14-15-16-17-20-25-48(38,43-24-19-18-23-33)46-50(41,42)47-49(39,40)44-27-29-21-22-30(45-29)35-26-28(2)31(36)34-32(35)37/h26,29-30H,3-25,27,33H2,1-2H3,(H,39,40)(H,41,42)(H,34,36,37)/t29-,30+,48?/m0/s1. The molecule has 2 rings (SSSR count). The van der Waals surface area contributed by atoms with Gasteiger partial charge in [-0.1, -0.05) is 103 Å². The molecule has 1 aromatic heterocycles. The molecule has 18 heteroatoms. The van der Waals surface area contributed by atoms with Crippen LogP contribution >= 0.6 is 23.2 Å². The zero-order chi connectivity index (χ0) is 36.9. The van der Waals surface area contributed by atoms with Crippen LogP contribution in [-0.2, 0) is 36.1 Å². The van der Waals surface area contributed by atoms with Crippen molar-refractivity contribution in [3.05, 3.63) is 32.6 Å². The third-order valence-corrected chi connectivity index (χ3v) is 14.0. The van der Waals surface area contributed by atoms with E-state index >= 15 is 0 Å². The minimum absolute atomic E-state index is 0.0429. The molecule has 2 heterocycles. The summed E-state index contributed by atoms with van der Waals surface area (Å²) in [6.45, 7) is 3.59. The van der Waals surface area contributed by atoms with Gasteiger partial charge in [-0.15, -0.1) is 0 Å². The number of nitrogens with zero attached hydrogens (tertiary/aromatic N) is 1. The second-order valence-corrected chi connectivity index (χ2v) is 18.5. The van der Waals surface area contributed by atoms with Crippen LogP contribution in [0.5, 0.6) is 0 Å². The van der Waals surface area contributed by atoms with E-state index in [2.05, 4.69) is 16.2 Å². The number of aromatic nitrogens is 2. The smallest absolute Gasteiger partial charge is 0.352 e. The first-order valence-electron chi connectivity index (χ1n) is 18.4. The van der Waals surface area contributed by atoms with Crippen molar-refractivity contribution in [2.75, 3.05) is 25.9 Å². The van der Waals surface area contributed by atoms with Crippen LogP contribution in [0.25, 0.3) is 0 Å². The van der Waals surface area contributed by atoms with E-state index in [-0.39, 0.29) is 12.8 Å². The van der Waals surface area contributed by atoms with Crippen molar-refractivity contribution in [1.82, 2.24) is 9.55 Å². The molecule has 3 unspecified atom stereocenters. The molecule has 50 heavy (non-hydrogen) atoms. The van der Waals surface area contributed by atoms with Gasteiger partial charge in [0.1, 0.15) is 6.23 Å². The van der Waals surface area contributed by atoms with E-state index in [0.29, 0.717) is 50.6 Å². The summed E-state index contributed by atoms with van der Waals surface area (Å²) in [5.74, 6) is 0. The number of nitrogens with two attached hydrogens (primary N) is 1. The van der Waals surface area contributed by atoms with E-state index in [1.165, 1.54) is 88.3 Å². The van der Waals surface area contributed by atoms with Crippen molar-refractivity contribution in [2.45, 2.75) is 155 Å². The van der Waals surface area contributed by atoms with Crippen LogP contribution in [0.1, 0.15) is 147 Å². The zero-order valence-corrected chi connectivity index (χ0v) is 32.7. The minimum atomic E-state index is -5.39. The van der Waals surface area contributed by atoms with Crippen molar-refractivity contribution >= 4 is 23.2 Å². The Balaban J connectivity index is 1.73. The van der Waals surface area contributed by atoms with Gasteiger partial charge in [0.05, 0.1) is 25.5 Å². The number of H-pyrrole nitrogens is 1. The molecule has 0 aromatic carbocycles. The number of phosphoric acid groups is 2. The number of aromatic amines is 1. The average Bonchev–Trinajstić information content (AvgIpc) is 3.52. The average molecular weight is 774 g/mol. The molecule has 0 spiro atoms. The normalized spacial score (nSPS) is 20.0. The summed E-state index contributed by atoms with van der Waals surface area (Å²) >= 11 is 0. The van der Waals surface area contributed by atoms with E-state index < -0.39 is 53.4 Å². The van der Waals surface area contributed by atoms with Gasteiger partial charge >= 0.3 is 28.9 Å². The van der Waals surface area contributed by atoms with Crippen LogP contribution < -0.4 is 17.0 Å². The van der Waals surface area contributed by atoms with Crippen molar-refractivity contribution in [2.24, 2.45) is 5.73 Å². The Labute approximate surface area is 297 Å². The molecule has 0 bridgehead atoms. The highest BCUT2D eigenvalue weighted by molar-refractivity contribution is 7.68. The van der Waals surface area contributed by atoms with Crippen LogP contribution in [0.4, 0.5) is 0 Å². The van der Waals surface area contributed by atoms with Crippen LogP contribution in [0, 0.1) is 6.92 Å². The molecule has 0 amide bonds. The van der Waals surface area contributed by atoms with Gasteiger partial charge in [-0.3, -0.25) is 23.4 Å². The number of nitrogens with one attached hydrogen (secondary N) is 1. The third kappa shape index (κ3) is 19.2. The number of rotatable bonds is 30. The maximum atomic E-state index is 13.5. The molecule has 1 aliphatic heterocycles. The molecule has 292 valence electrons. The second-order valence-electron chi connectivity index (χ2n) is 13.1. The summed E-state index contributed by atoms with van der Waals surface area (Å²) in [6, 6.07) is 0. The lowest BCUT2D eigenvalue weighted by Gasteiger charge is -2.22. The van der Waals surface area contributed by atoms with E-state index in [9.17, 15) is 33.1 Å². The Morgan fingerprint density at radius 3 is 1.92 bits per heavy atom. The first kappa shape index (κ1) is 45.2. The molecule has 1 saturated heterocycles. The molecular formula is C32H62N3O12P3. The quantitative estimate of drug-likeness (QED) is 0.0431. The van der Waals surface area contributed by atoms with Crippen LogP contribution in [-0.4, -0.2) is 51.4 Å². The largest absolute Gasteiger partial charge is 0.488 e.